The van der Waals surface area contributed by atoms with E-state index in [1.165, 1.54) is 6.07 Å². The first-order chi connectivity index (χ1) is 9.88. The van der Waals surface area contributed by atoms with Gasteiger partial charge >= 0.3 is 0 Å². The summed E-state index contributed by atoms with van der Waals surface area (Å²) in [5.41, 5.74) is 12.3. The largest absolute Gasteiger partial charge is 0.398 e. The van der Waals surface area contributed by atoms with Crippen LogP contribution in [0.3, 0.4) is 0 Å². The zero-order valence-corrected chi connectivity index (χ0v) is 13.0. The van der Waals surface area contributed by atoms with Gasteiger partial charge in [0.05, 0.1) is 11.3 Å². The van der Waals surface area contributed by atoms with Crippen molar-refractivity contribution in [3.05, 3.63) is 57.8 Å². The number of hydrogen-bond acceptors (Lipinski definition) is 3. The fourth-order valence-corrected chi connectivity index (χ4v) is 2.30. The quantitative estimate of drug-likeness (QED) is 0.831. The molecule has 0 heterocycles. The van der Waals surface area contributed by atoms with Gasteiger partial charge in [-0.3, -0.25) is 4.79 Å². The molecule has 0 bridgehead atoms. The van der Waals surface area contributed by atoms with Gasteiger partial charge in [0.1, 0.15) is 5.82 Å². The summed E-state index contributed by atoms with van der Waals surface area (Å²) in [5, 5.41) is 0. The van der Waals surface area contributed by atoms with Crippen LogP contribution >= 0.6 is 15.9 Å². The Morgan fingerprint density at radius 2 is 1.90 bits per heavy atom. The summed E-state index contributed by atoms with van der Waals surface area (Å²) in [5.74, 6) is -1.16. The normalized spacial score (nSPS) is 10.4. The number of anilines is 2. The molecule has 0 radical (unpaired) electrons. The Bertz CT molecular complexity index is 673. The average molecular weight is 352 g/mol. The Hall–Kier alpha value is -2.08. The van der Waals surface area contributed by atoms with Crippen LogP contribution in [0, 0.1) is 5.82 Å². The van der Waals surface area contributed by atoms with Crippen molar-refractivity contribution in [2.24, 2.45) is 5.73 Å². The van der Waals surface area contributed by atoms with Gasteiger partial charge in [0, 0.05) is 23.8 Å². The smallest absolute Gasteiger partial charge is 0.250 e. The average Bonchev–Trinajstić information content (AvgIpc) is 2.40. The van der Waals surface area contributed by atoms with Crippen molar-refractivity contribution in [2.45, 2.75) is 6.54 Å². The molecular weight excluding hydrogens is 337 g/mol. The van der Waals surface area contributed by atoms with E-state index in [1.807, 2.05) is 24.3 Å². The van der Waals surface area contributed by atoms with Gasteiger partial charge < -0.3 is 16.4 Å². The van der Waals surface area contributed by atoms with Crippen molar-refractivity contribution in [2.75, 3.05) is 17.7 Å². The zero-order chi connectivity index (χ0) is 15.6. The molecule has 0 unspecified atom stereocenters. The first-order valence-electron chi connectivity index (χ1n) is 6.23. The minimum absolute atomic E-state index is 0.0424. The van der Waals surface area contributed by atoms with Crippen LogP contribution in [0.2, 0.25) is 0 Å². The van der Waals surface area contributed by atoms with Gasteiger partial charge in [-0.1, -0.05) is 28.1 Å². The maximum Gasteiger partial charge on any atom is 0.250 e. The minimum atomic E-state index is -0.675. The van der Waals surface area contributed by atoms with Crippen LogP contribution in [0.15, 0.2) is 40.9 Å². The predicted octanol–water partition coefficient (Wildman–Crippen LogP) is 2.91. The molecule has 0 aliphatic heterocycles. The van der Waals surface area contributed by atoms with Gasteiger partial charge in [0.15, 0.2) is 0 Å². The zero-order valence-electron chi connectivity index (χ0n) is 11.4. The fourth-order valence-electron chi connectivity index (χ4n) is 2.03. The van der Waals surface area contributed by atoms with E-state index in [0.29, 0.717) is 6.54 Å². The Balaban J connectivity index is 2.30. The van der Waals surface area contributed by atoms with Crippen molar-refractivity contribution >= 4 is 33.2 Å². The molecule has 6 heteroatoms. The molecule has 2 aromatic carbocycles. The van der Waals surface area contributed by atoms with Gasteiger partial charge in [-0.2, -0.15) is 0 Å². The molecule has 4 nitrogen and oxygen atoms in total. The number of amides is 1. The predicted molar refractivity (Wildman–Crippen MR) is 85.6 cm³/mol. The second kappa shape index (κ2) is 6.13. The van der Waals surface area contributed by atoms with Gasteiger partial charge in [0.25, 0.3) is 5.91 Å². The van der Waals surface area contributed by atoms with Crippen molar-refractivity contribution in [3.63, 3.8) is 0 Å². The molecule has 2 aromatic rings. The number of carbonyl (C=O) groups is 1. The molecule has 0 atom stereocenters. The van der Waals surface area contributed by atoms with Crippen LogP contribution in [0.5, 0.6) is 0 Å². The van der Waals surface area contributed by atoms with Gasteiger partial charge in [-0.05, 0) is 29.8 Å². The Morgan fingerprint density at radius 1 is 1.29 bits per heavy atom. The lowest BCUT2D eigenvalue weighted by Gasteiger charge is -2.21. The maximum absolute atomic E-state index is 14.0. The summed E-state index contributed by atoms with van der Waals surface area (Å²) in [6.45, 7) is 0.492. The van der Waals surface area contributed by atoms with Crippen molar-refractivity contribution < 1.29 is 9.18 Å². The van der Waals surface area contributed by atoms with Crippen LogP contribution < -0.4 is 16.4 Å². The summed E-state index contributed by atoms with van der Waals surface area (Å²) in [4.78, 5) is 13.0. The lowest BCUT2D eigenvalue weighted by molar-refractivity contribution is 0.100. The first-order valence-corrected chi connectivity index (χ1v) is 7.02. The second-order valence-electron chi connectivity index (χ2n) is 4.74. The number of halogens is 2. The number of hydrogen-bond donors (Lipinski definition) is 2. The van der Waals surface area contributed by atoms with E-state index < -0.39 is 11.7 Å². The Morgan fingerprint density at radius 3 is 2.48 bits per heavy atom. The molecule has 0 saturated heterocycles. The van der Waals surface area contributed by atoms with Crippen LogP contribution in [-0.4, -0.2) is 13.0 Å². The van der Waals surface area contributed by atoms with Gasteiger partial charge in [-0.15, -0.1) is 0 Å². The molecule has 4 N–H and O–H groups in total. The summed E-state index contributed by atoms with van der Waals surface area (Å²) < 4.78 is 15.0. The lowest BCUT2D eigenvalue weighted by Crippen LogP contribution is -2.20. The number of carbonyl (C=O) groups excluding carboxylic acids is 1. The SMILES string of the molecule is CN(Cc1ccc(Br)cc1)c1cc(C(N)=O)c(N)cc1F. The van der Waals surface area contributed by atoms with Crippen LogP contribution in [0.25, 0.3) is 0 Å². The molecule has 0 fully saturated rings. The third-order valence-corrected chi connectivity index (χ3v) is 3.66. The second-order valence-corrected chi connectivity index (χ2v) is 5.65. The summed E-state index contributed by atoms with van der Waals surface area (Å²) >= 11 is 3.36. The van der Waals surface area contributed by atoms with Crippen LogP contribution in [0.1, 0.15) is 15.9 Å². The summed E-state index contributed by atoms with van der Waals surface area (Å²) in [6, 6.07) is 10.2. The van der Waals surface area contributed by atoms with E-state index in [0.717, 1.165) is 16.1 Å². The highest BCUT2D eigenvalue weighted by molar-refractivity contribution is 9.10. The number of nitrogen functional groups attached to an aromatic ring is 1. The first kappa shape index (κ1) is 15.3. The molecule has 2 rings (SSSR count). The molecule has 21 heavy (non-hydrogen) atoms. The maximum atomic E-state index is 14.0. The number of rotatable bonds is 4. The molecule has 0 spiro atoms. The van der Waals surface area contributed by atoms with Crippen LogP contribution in [-0.2, 0) is 6.54 Å². The number of nitrogens with zero attached hydrogens (tertiary/aromatic N) is 1. The summed E-state index contributed by atoms with van der Waals surface area (Å²) in [7, 11) is 1.74. The minimum Gasteiger partial charge on any atom is -0.398 e. The van der Waals surface area contributed by atoms with Gasteiger partial charge in [0.2, 0.25) is 0 Å². The van der Waals surface area contributed by atoms with E-state index in [9.17, 15) is 9.18 Å². The molecule has 110 valence electrons. The molecule has 0 aliphatic carbocycles. The van der Waals surface area contributed by atoms with E-state index in [1.54, 1.807) is 11.9 Å². The highest BCUT2D eigenvalue weighted by Gasteiger charge is 2.15. The highest BCUT2D eigenvalue weighted by atomic mass is 79.9. The fraction of sp³-hybridized carbons (Fsp3) is 0.133. The standard InChI is InChI=1S/C15H15BrFN3O/c1-20(8-9-2-4-10(16)5-3-9)14-6-11(15(19)21)13(18)7-12(14)17/h2-7H,8,18H2,1H3,(H2,19,21). The summed E-state index contributed by atoms with van der Waals surface area (Å²) in [6.07, 6.45) is 0. The number of nitrogens with two attached hydrogens (primary N) is 2. The molecule has 0 saturated carbocycles. The Labute approximate surface area is 130 Å². The topological polar surface area (TPSA) is 72.3 Å². The van der Waals surface area contributed by atoms with Crippen molar-refractivity contribution in [1.82, 2.24) is 0 Å². The third kappa shape index (κ3) is 3.52. The van der Waals surface area contributed by atoms with E-state index >= 15 is 0 Å². The highest BCUT2D eigenvalue weighted by Crippen LogP contribution is 2.26. The third-order valence-electron chi connectivity index (χ3n) is 3.13. The van der Waals surface area contributed by atoms with E-state index in [4.69, 9.17) is 11.5 Å². The number of benzene rings is 2. The van der Waals surface area contributed by atoms with E-state index in [2.05, 4.69) is 15.9 Å². The van der Waals surface area contributed by atoms with Crippen LogP contribution in [0.4, 0.5) is 15.8 Å². The molecule has 0 aliphatic rings. The lowest BCUT2D eigenvalue weighted by atomic mass is 10.1. The van der Waals surface area contributed by atoms with Crippen molar-refractivity contribution in [1.29, 1.82) is 0 Å². The van der Waals surface area contributed by atoms with E-state index in [-0.39, 0.29) is 16.9 Å². The number of primary amides is 1. The monoisotopic (exact) mass is 351 g/mol. The molecule has 0 aromatic heterocycles. The molecule has 1 amide bonds. The Kier molecular flexibility index (Phi) is 4.47. The molecular formula is C15H15BrFN3O. The van der Waals surface area contributed by atoms with Gasteiger partial charge in [-0.25, -0.2) is 4.39 Å². The van der Waals surface area contributed by atoms with Crippen molar-refractivity contribution in [3.8, 4) is 0 Å².